The maximum Gasteiger partial charge on any atom is 0.306 e. The van der Waals surface area contributed by atoms with Crippen molar-refractivity contribution < 1.29 is 9.90 Å². The first-order valence-corrected chi connectivity index (χ1v) is 7.18. The predicted octanol–water partition coefficient (Wildman–Crippen LogP) is 2.32. The van der Waals surface area contributed by atoms with Crippen LogP contribution < -0.4 is 5.32 Å². The van der Waals surface area contributed by atoms with Crippen LogP contribution in [0.25, 0.3) is 5.69 Å². The summed E-state index contributed by atoms with van der Waals surface area (Å²) < 4.78 is 0. The first kappa shape index (κ1) is 13.6. The summed E-state index contributed by atoms with van der Waals surface area (Å²) in [5.41, 5.74) is 1.96. The fourth-order valence-corrected chi connectivity index (χ4v) is 2.76. The standard InChI is InChI=1S/C15H18N4O2/c20-15(21)11-1-3-12(4-2-11)18-13-5-7-14(8-6-13)19-16-9-10-17-19/h5-12,18H,1-4H2,(H,20,21). The quantitative estimate of drug-likeness (QED) is 0.901. The molecule has 0 radical (unpaired) electrons. The van der Waals surface area contributed by atoms with Crippen molar-refractivity contribution in [2.75, 3.05) is 5.32 Å². The van der Waals surface area contributed by atoms with E-state index in [-0.39, 0.29) is 5.92 Å². The minimum atomic E-state index is -0.662. The summed E-state index contributed by atoms with van der Waals surface area (Å²) in [5.74, 6) is -0.833. The average molecular weight is 286 g/mol. The number of carbonyl (C=O) groups is 1. The van der Waals surface area contributed by atoms with E-state index in [4.69, 9.17) is 5.11 Å². The van der Waals surface area contributed by atoms with E-state index in [0.29, 0.717) is 6.04 Å². The molecule has 1 saturated carbocycles. The molecule has 6 heteroatoms. The summed E-state index contributed by atoms with van der Waals surface area (Å²) in [5, 5.41) is 20.6. The highest BCUT2D eigenvalue weighted by molar-refractivity contribution is 5.70. The number of aliphatic carboxylic acids is 1. The Morgan fingerprint density at radius 2 is 1.71 bits per heavy atom. The fraction of sp³-hybridized carbons (Fsp3) is 0.400. The van der Waals surface area contributed by atoms with Gasteiger partial charge in [-0.2, -0.15) is 15.0 Å². The summed E-state index contributed by atoms with van der Waals surface area (Å²) in [6.07, 6.45) is 6.60. The largest absolute Gasteiger partial charge is 0.481 e. The molecule has 1 aromatic carbocycles. The Kier molecular flexibility index (Phi) is 3.85. The molecule has 21 heavy (non-hydrogen) atoms. The zero-order chi connectivity index (χ0) is 14.7. The lowest BCUT2D eigenvalue weighted by molar-refractivity contribution is -0.142. The number of anilines is 1. The van der Waals surface area contributed by atoms with Gasteiger partial charge < -0.3 is 10.4 Å². The van der Waals surface area contributed by atoms with Gasteiger partial charge in [0.15, 0.2) is 0 Å². The van der Waals surface area contributed by atoms with Crippen LogP contribution in [0.4, 0.5) is 5.69 Å². The van der Waals surface area contributed by atoms with Crippen LogP contribution in [0, 0.1) is 5.92 Å². The summed E-state index contributed by atoms with van der Waals surface area (Å²) in [7, 11) is 0. The Morgan fingerprint density at radius 3 is 2.29 bits per heavy atom. The van der Waals surface area contributed by atoms with Crippen molar-refractivity contribution in [3.05, 3.63) is 36.7 Å². The molecule has 0 unspecified atom stereocenters. The van der Waals surface area contributed by atoms with Gasteiger partial charge in [0.05, 0.1) is 24.0 Å². The van der Waals surface area contributed by atoms with Crippen LogP contribution in [-0.4, -0.2) is 32.1 Å². The van der Waals surface area contributed by atoms with E-state index in [1.54, 1.807) is 17.2 Å². The van der Waals surface area contributed by atoms with Crippen LogP contribution in [0.3, 0.4) is 0 Å². The Balaban J connectivity index is 1.58. The molecule has 0 atom stereocenters. The number of carboxylic acid groups (broad SMARTS) is 1. The van der Waals surface area contributed by atoms with Gasteiger partial charge in [-0.1, -0.05) is 0 Å². The normalized spacial score (nSPS) is 21.9. The number of nitrogens with one attached hydrogen (secondary N) is 1. The predicted molar refractivity (Wildman–Crippen MR) is 78.4 cm³/mol. The van der Waals surface area contributed by atoms with Gasteiger partial charge in [-0.15, -0.1) is 0 Å². The van der Waals surface area contributed by atoms with Crippen molar-refractivity contribution in [1.82, 2.24) is 15.0 Å². The van der Waals surface area contributed by atoms with E-state index in [0.717, 1.165) is 37.1 Å². The molecule has 0 bridgehead atoms. The lowest BCUT2D eigenvalue weighted by Gasteiger charge is -2.27. The number of hydrogen-bond acceptors (Lipinski definition) is 4. The van der Waals surface area contributed by atoms with E-state index in [1.807, 2.05) is 24.3 Å². The second kappa shape index (κ2) is 5.95. The van der Waals surface area contributed by atoms with Crippen LogP contribution in [-0.2, 0) is 4.79 Å². The highest BCUT2D eigenvalue weighted by Crippen LogP contribution is 2.27. The van der Waals surface area contributed by atoms with Gasteiger partial charge in [0.1, 0.15) is 0 Å². The summed E-state index contributed by atoms with van der Waals surface area (Å²) >= 11 is 0. The van der Waals surface area contributed by atoms with Crippen molar-refractivity contribution >= 4 is 11.7 Å². The van der Waals surface area contributed by atoms with Gasteiger partial charge in [-0.25, -0.2) is 0 Å². The minimum absolute atomic E-state index is 0.170. The molecule has 0 amide bonds. The summed E-state index contributed by atoms with van der Waals surface area (Å²) in [6, 6.07) is 8.29. The van der Waals surface area contributed by atoms with Gasteiger partial charge in [-0.3, -0.25) is 4.79 Å². The molecule has 1 aliphatic rings. The zero-order valence-electron chi connectivity index (χ0n) is 11.6. The van der Waals surface area contributed by atoms with E-state index >= 15 is 0 Å². The third-order valence-electron chi connectivity index (χ3n) is 3.96. The van der Waals surface area contributed by atoms with Crippen LogP contribution in [0.1, 0.15) is 25.7 Å². The molecular weight excluding hydrogens is 268 g/mol. The molecule has 110 valence electrons. The van der Waals surface area contributed by atoms with Crippen molar-refractivity contribution in [1.29, 1.82) is 0 Å². The summed E-state index contributed by atoms with van der Waals surface area (Å²) in [6.45, 7) is 0. The maximum atomic E-state index is 10.9. The minimum Gasteiger partial charge on any atom is -0.481 e. The second-order valence-electron chi connectivity index (χ2n) is 5.40. The van der Waals surface area contributed by atoms with E-state index in [1.165, 1.54) is 0 Å². The Bertz CT molecular complexity index is 587. The number of benzene rings is 1. The van der Waals surface area contributed by atoms with Crippen LogP contribution in [0.2, 0.25) is 0 Å². The first-order valence-electron chi connectivity index (χ1n) is 7.18. The van der Waals surface area contributed by atoms with E-state index in [2.05, 4.69) is 15.5 Å². The molecule has 0 saturated heterocycles. The lowest BCUT2D eigenvalue weighted by Crippen LogP contribution is -2.29. The van der Waals surface area contributed by atoms with Crippen LogP contribution in [0.5, 0.6) is 0 Å². The van der Waals surface area contributed by atoms with Crippen LogP contribution >= 0.6 is 0 Å². The van der Waals surface area contributed by atoms with E-state index in [9.17, 15) is 4.79 Å². The van der Waals surface area contributed by atoms with Gasteiger partial charge in [-0.05, 0) is 49.9 Å². The maximum absolute atomic E-state index is 10.9. The Labute approximate surface area is 122 Å². The highest BCUT2D eigenvalue weighted by atomic mass is 16.4. The molecule has 0 aliphatic heterocycles. The zero-order valence-corrected chi connectivity index (χ0v) is 11.6. The van der Waals surface area contributed by atoms with Gasteiger partial charge in [0.2, 0.25) is 0 Å². The third-order valence-corrected chi connectivity index (χ3v) is 3.96. The molecule has 6 nitrogen and oxygen atoms in total. The van der Waals surface area contributed by atoms with Crippen molar-refractivity contribution in [3.63, 3.8) is 0 Å². The molecule has 1 aromatic heterocycles. The average Bonchev–Trinajstić information content (AvgIpc) is 3.03. The molecule has 3 rings (SSSR count). The topological polar surface area (TPSA) is 80.0 Å². The SMILES string of the molecule is O=C(O)C1CCC(Nc2ccc(-n3nccn3)cc2)CC1. The summed E-state index contributed by atoms with van der Waals surface area (Å²) in [4.78, 5) is 12.5. The second-order valence-corrected chi connectivity index (χ2v) is 5.40. The highest BCUT2D eigenvalue weighted by Gasteiger charge is 2.25. The van der Waals surface area contributed by atoms with Gasteiger partial charge in [0, 0.05) is 11.7 Å². The molecule has 2 N–H and O–H groups in total. The fourth-order valence-electron chi connectivity index (χ4n) is 2.76. The number of aromatic nitrogens is 3. The smallest absolute Gasteiger partial charge is 0.306 e. The van der Waals surface area contributed by atoms with Crippen LogP contribution in [0.15, 0.2) is 36.7 Å². The van der Waals surface area contributed by atoms with Crippen molar-refractivity contribution in [3.8, 4) is 5.69 Å². The lowest BCUT2D eigenvalue weighted by atomic mass is 9.86. The number of rotatable bonds is 4. The van der Waals surface area contributed by atoms with E-state index < -0.39 is 5.97 Å². The number of carboxylic acids is 1. The number of hydrogen-bond donors (Lipinski definition) is 2. The first-order chi connectivity index (χ1) is 10.2. The molecule has 0 spiro atoms. The van der Waals surface area contributed by atoms with Gasteiger partial charge in [0.25, 0.3) is 0 Å². The molecule has 1 aliphatic carbocycles. The third kappa shape index (κ3) is 3.21. The van der Waals surface area contributed by atoms with Crippen molar-refractivity contribution in [2.24, 2.45) is 5.92 Å². The Morgan fingerprint density at radius 1 is 1.10 bits per heavy atom. The molecule has 2 aromatic rings. The van der Waals surface area contributed by atoms with Gasteiger partial charge >= 0.3 is 5.97 Å². The monoisotopic (exact) mass is 286 g/mol. The Hall–Kier alpha value is -2.37. The van der Waals surface area contributed by atoms with Crippen molar-refractivity contribution in [2.45, 2.75) is 31.7 Å². The molecule has 1 heterocycles. The molecular formula is C15H18N4O2. The molecule has 1 fully saturated rings. The number of nitrogens with zero attached hydrogens (tertiary/aromatic N) is 3.